The molecule has 0 aliphatic carbocycles. The van der Waals surface area contributed by atoms with E-state index in [-0.39, 0.29) is 0 Å². The summed E-state index contributed by atoms with van der Waals surface area (Å²) in [6, 6.07) is 1.81. The first-order valence-corrected chi connectivity index (χ1v) is 3.78. The lowest BCUT2D eigenvalue weighted by Crippen LogP contribution is -2.08. The Balaban J connectivity index is 3.39. The van der Waals surface area contributed by atoms with Crippen molar-refractivity contribution in [3.63, 3.8) is 0 Å². The third-order valence-corrected chi connectivity index (χ3v) is 1.56. The summed E-state index contributed by atoms with van der Waals surface area (Å²) in [5.41, 5.74) is 0. The zero-order valence-electron chi connectivity index (χ0n) is 6.67. The molecular formula is C8H15NO. The van der Waals surface area contributed by atoms with Crippen molar-refractivity contribution in [2.75, 3.05) is 0 Å². The van der Waals surface area contributed by atoms with E-state index in [9.17, 15) is 0 Å². The van der Waals surface area contributed by atoms with Crippen molar-refractivity contribution in [2.45, 2.75) is 39.2 Å². The van der Waals surface area contributed by atoms with Crippen LogP contribution in [0.1, 0.15) is 33.1 Å². The molecule has 0 fully saturated rings. The van der Waals surface area contributed by atoms with Crippen molar-refractivity contribution in [1.29, 1.82) is 5.26 Å². The lowest BCUT2D eigenvalue weighted by molar-refractivity contribution is 0.194. The van der Waals surface area contributed by atoms with E-state index in [1.165, 1.54) is 0 Å². The molecule has 2 unspecified atom stereocenters. The summed E-state index contributed by atoms with van der Waals surface area (Å²) in [7, 11) is 0. The number of hydrogen-bond acceptors (Lipinski definition) is 2. The highest BCUT2D eigenvalue weighted by molar-refractivity contribution is 4.82. The maximum absolute atomic E-state index is 8.89. The zero-order chi connectivity index (χ0) is 7.98. The van der Waals surface area contributed by atoms with E-state index in [1.807, 2.05) is 6.07 Å². The molecule has 2 heteroatoms. The first kappa shape index (κ1) is 9.45. The van der Waals surface area contributed by atoms with Crippen LogP contribution >= 0.6 is 0 Å². The molecule has 0 aliphatic rings. The van der Waals surface area contributed by atoms with Crippen LogP contribution in [0.2, 0.25) is 0 Å². The van der Waals surface area contributed by atoms with Gasteiger partial charge in [-0.25, -0.2) is 0 Å². The molecule has 0 heterocycles. The van der Waals surface area contributed by atoms with Crippen molar-refractivity contribution in [3.8, 4) is 6.07 Å². The molecule has 0 spiro atoms. The van der Waals surface area contributed by atoms with Gasteiger partial charge in [-0.1, -0.05) is 26.7 Å². The SMILES string of the molecule is CCCC(C)CC(O)C#N. The molecule has 0 radical (unpaired) electrons. The number of hydrogen-bond donors (Lipinski definition) is 1. The Hall–Kier alpha value is -0.550. The molecule has 0 saturated carbocycles. The van der Waals surface area contributed by atoms with E-state index in [0.29, 0.717) is 12.3 Å². The van der Waals surface area contributed by atoms with Gasteiger partial charge in [-0.05, 0) is 12.3 Å². The Labute approximate surface area is 62.5 Å². The van der Waals surface area contributed by atoms with Crippen LogP contribution in [-0.2, 0) is 0 Å². The van der Waals surface area contributed by atoms with Gasteiger partial charge >= 0.3 is 0 Å². The van der Waals surface area contributed by atoms with E-state index < -0.39 is 6.10 Å². The second-order valence-electron chi connectivity index (χ2n) is 2.77. The molecule has 2 atom stereocenters. The molecule has 0 aromatic rings. The molecule has 10 heavy (non-hydrogen) atoms. The summed E-state index contributed by atoms with van der Waals surface area (Å²) in [5, 5.41) is 17.1. The highest BCUT2D eigenvalue weighted by Crippen LogP contribution is 2.11. The predicted octanol–water partition coefficient (Wildman–Crippen LogP) is 1.70. The van der Waals surface area contributed by atoms with Crippen LogP contribution in [0.5, 0.6) is 0 Å². The Morgan fingerprint density at radius 3 is 2.60 bits per heavy atom. The molecular weight excluding hydrogens is 126 g/mol. The van der Waals surface area contributed by atoms with Crippen molar-refractivity contribution >= 4 is 0 Å². The van der Waals surface area contributed by atoms with Crippen LogP contribution in [-0.4, -0.2) is 11.2 Å². The number of aliphatic hydroxyl groups excluding tert-OH is 1. The van der Waals surface area contributed by atoms with Crippen molar-refractivity contribution in [3.05, 3.63) is 0 Å². The van der Waals surface area contributed by atoms with Crippen molar-refractivity contribution in [2.24, 2.45) is 5.92 Å². The summed E-state index contributed by atoms with van der Waals surface area (Å²) < 4.78 is 0. The highest BCUT2D eigenvalue weighted by atomic mass is 16.3. The second kappa shape index (κ2) is 5.25. The molecule has 1 N–H and O–H groups in total. The first-order chi connectivity index (χ1) is 4.70. The Kier molecular flexibility index (Phi) is 4.96. The normalized spacial score (nSPS) is 15.8. The summed E-state index contributed by atoms with van der Waals surface area (Å²) in [5.74, 6) is 0.472. The van der Waals surface area contributed by atoms with Crippen LogP contribution in [0.25, 0.3) is 0 Å². The monoisotopic (exact) mass is 141 g/mol. The molecule has 0 amide bonds. The summed E-state index contributed by atoms with van der Waals surface area (Å²) in [6.07, 6.45) is 2.07. The first-order valence-electron chi connectivity index (χ1n) is 3.78. The lowest BCUT2D eigenvalue weighted by atomic mass is 9.99. The number of aliphatic hydroxyl groups is 1. The quantitative estimate of drug-likeness (QED) is 0.605. The maximum atomic E-state index is 8.89. The zero-order valence-corrected chi connectivity index (χ0v) is 6.67. The smallest absolute Gasteiger partial charge is 0.140 e. The Bertz CT molecular complexity index is 117. The minimum absolute atomic E-state index is 0.472. The van der Waals surface area contributed by atoms with E-state index in [1.54, 1.807) is 0 Å². The Morgan fingerprint density at radius 2 is 2.20 bits per heavy atom. The molecule has 0 rings (SSSR count). The van der Waals surface area contributed by atoms with Gasteiger partial charge in [0.15, 0.2) is 0 Å². The van der Waals surface area contributed by atoms with Crippen molar-refractivity contribution in [1.82, 2.24) is 0 Å². The second-order valence-corrected chi connectivity index (χ2v) is 2.77. The van der Waals surface area contributed by atoms with E-state index >= 15 is 0 Å². The number of nitrogens with zero attached hydrogens (tertiary/aromatic N) is 1. The van der Waals surface area contributed by atoms with Gasteiger partial charge in [-0.3, -0.25) is 0 Å². The molecule has 2 nitrogen and oxygen atoms in total. The summed E-state index contributed by atoms with van der Waals surface area (Å²) >= 11 is 0. The summed E-state index contributed by atoms with van der Waals surface area (Å²) in [4.78, 5) is 0. The number of rotatable bonds is 4. The Morgan fingerprint density at radius 1 is 1.60 bits per heavy atom. The third-order valence-electron chi connectivity index (χ3n) is 1.56. The highest BCUT2D eigenvalue weighted by Gasteiger charge is 2.07. The van der Waals surface area contributed by atoms with Gasteiger partial charge in [0.1, 0.15) is 6.10 Å². The molecule has 0 bridgehead atoms. The average Bonchev–Trinajstić information content (AvgIpc) is 1.88. The standard InChI is InChI=1S/C8H15NO/c1-3-4-7(2)5-8(10)6-9/h7-8,10H,3-5H2,1-2H3. The van der Waals surface area contributed by atoms with E-state index in [4.69, 9.17) is 10.4 Å². The summed E-state index contributed by atoms with van der Waals surface area (Å²) in [6.45, 7) is 4.17. The average molecular weight is 141 g/mol. The third kappa shape index (κ3) is 4.34. The van der Waals surface area contributed by atoms with Gasteiger partial charge in [0, 0.05) is 0 Å². The van der Waals surface area contributed by atoms with Gasteiger partial charge in [-0.2, -0.15) is 5.26 Å². The molecule has 0 aromatic heterocycles. The van der Waals surface area contributed by atoms with Crippen LogP contribution in [0, 0.1) is 17.2 Å². The van der Waals surface area contributed by atoms with E-state index in [2.05, 4.69) is 13.8 Å². The van der Waals surface area contributed by atoms with Gasteiger partial charge in [0.2, 0.25) is 0 Å². The lowest BCUT2D eigenvalue weighted by Gasteiger charge is -2.09. The van der Waals surface area contributed by atoms with Gasteiger partial charge < -0.3 is 5.11 Å². The fourth-order valence-electron chi connectivity index (χ4n) is 1.04. The fourth-order valence-corrected chi connectivity index (χ4v) is 1.04. The van der Waals surface area contributed by atoms with Gasteiger partial charge in [0.25, 0.3) is 0 Å². The fraction of sp³-hybridized carbons (Fsp3) is 0.875. The minimum Gasteiger partial charge on any atom is -0.378 e. The minimum atomic E-state index is -0.762. The maximum Gasteiger partial charge on any atom is 0.140 e. The molecule has 0 aromatic carbocycles. The van der Waals surface area contributed by atoms with Crippen LogP contribution in [0.15, 0.2) is 0 Å². The van der Waals surface area contributed by atoms with Crippen molar-refractivity contribution < 1.29 is 5.11 Å². The van der Waals surface area contributed by atoms with Crippen LogP contribution < -0.4 is 0 Å². The number of nitriles is 1. The van der Waals surface area contributed by atoms with Gasteiger partial charge in [0.05, 0.1) is 6.07 Å². The predicted molar refractivity (Wildman–Crippen MR) is 40.3 cm³/mol. The van der Waals surface area contributed by atoms with Crippen LogP contribution in [0.4, 0.5) is 0 Å². The van der Waals surface area contributed by atoms with Crippen LogP contribution in [0.3, 0.4) is 0 Å². The molecule has 0 saturated heterocycles. The molecule has 0 aliphatic heterocycles. The topological polar surface area (TPSA) is 44.0 Å². The van der Waals surface area contributed by atoms with E-state index in [0.717, 1.165) is 12.8 Å². The largest absolute Gasteiger partial charge is 0.378 e. The van der Waals surface area contributed by atoms with Gasteiger partial charge in [-0.15, -0.1) is 0 Å². The molecule has 58 valence electrons.